The van der Waals surface area contributed by atoms with Crippen LogP contribution in [0, 0.1) is 5.82 Å². The van der Waals surface area contributed by atoms with Crippen LogP contribution in [0.2, 0.25) is 0 Å². The predicted octanol–water partition coefficient (Wildman–Crippen LogP) is 4.92. The van der Waals surface area contributed by atoms with Crippen molar-refractivity contribution < 1.29 is 18.7 Å². The molecule has 7 heteroatoms. The second kappa shape index (κ2) is 10.2. The predicted molar refractivity (Wildman–Crippen MR) is 120 cm³/mol. The maximum absolute atomic E-state index is 13.0. The molecule has 3 aromatic rings. The van der Waals surface area contributed by atoms with E-state index in [1.165, 1.54) is 24.3 Å². The number of nitrogens with one attached hydrogen (secondary N) is 3. The van der Waals surface area contributed by atoms with Crippen molar-refractivity contribution in [3.8, 4) is 5.75 Å². The van der Waals surface area contributed by atoms with Gasteiger partial charge in [-0.3, -0.25) is 9.59 Å². The molecule has 0 saturated carbocycles. The molecule has 3 aromatic carbocycles. The molecule has 0 aliphatic carbocycles. The van der Waals surface area contributed by atoms with Crippen LogP contribution in [-0.4, -0.2) is 24.5 Å². The highest BCUT2D eigenvalue weighted by molar-refractivity contribution is 6.04. The van der Waals surface area contributed by atoms with Crippen LogP contribution >= 0.6 is 0 Å². The lowest BCUT2D eigenvalue weighted by Crippen LogP contribution is -2.31. The second-order valence-electron chi connectivity index (χ2n) is 6.85. The van der Waals surface area contributed by atoms with Crippen LogP contribution in [0.3, 0.4) is 0 Å². The maximum atomic E-state index is 13.0. The van der Waals surface area contributed by atoms with E-state index in [-0.39, 0.29) is 17.6 Å². The molecule has 6 nitrogen and oxygen atoms in total. The van der Waals surface area contributed by atoms with Gasteiger partial charge >= 0.3 is 0 Å². The first-order chi connectivity index (χ1) is 14.9. The molecule has 0 spiro atoms. The van der Waals surface area contributed by atoms with Gasteiger partial charge in [0.2, 0.25) is 5.91 Å². The van der Waals surface area contributed by atoms with Gasteiger partial charge in [0.15, 0.2) is 0 Å². The van der Waals surface area contributed by atoms with Gasteiger partial charge < -0.3 is 20.7 Å². The summed E-state index contributed by atoms with van der Waals surface area (Å²) in [6, 6.07) is 19.0. The highest BCUT2D eigenvalue weighted by Crippen LogP contribution is 2.18. The van der Waals surface area contributed by atoms with Crippen LogP contribution in [0.5, 0.6) is 5.75 Å². The van der Waals surface area contributed by atoms with E-state index in [0.717, 1.165) is 5.75 Å². The van der Waals surface area contributed by atoms with E-state index < -0.39 is 6.04 Å². The Kier molecular flexibility index (Phi) is 7.22. The lowest BCUT2D eigenvalue weighted by Gasteiger charge is -2.15. The molecule has 0 saturated heterocycles. The van der Waals surface area contributed by atoms with Crippen molar-refractivity contribution in [1.82, 2.24) is 0 Å². The van der Waals surface area contributed by atoms with Crippen LogP contribution in [0.4, 0.5) is 21.5 Å². The number of carbonyl (C=O) groups excluding carboxylic acids is 2. The van der Waals surface area contributed by atoms with E-state index in [9.17, 15) is 14.0 Å². The third-order valence-electron chi connectivity index (χ3n) is 4.46. The van der Waals surface area contributed by atoms with Crippen LogP contribution in [0.25, 0.3) is 0 Å². The summed E-state index contributed by atoms with van der Waals surface area (Å²) >= 11 is 0. The fourth-order valence-electron chi connectivity index (χ4n) is 2.82. The van der Waals surface area contributed by atoms with Gasteiger partial charge in [0.05, 0.1) is 6.61 Å². The Morgan fingerprint density at radius 1 is 0.839 bits per heavy atom. The molecule has 1 atom stereocenters. The van der Waals surface area contributed by atoms with Gasteiger partial charge in [-0.05, 0) is 86.6 Å². The number of hydrogen-bond donors (Lipinski definition) is 3. The minimum absolute atomic E-state index is 0.238. The summed E-state index contributed by atoms with van der Waals surface area (Å²) in [5.41, 5.74) is 2.37. The van der Waals surface area contributed by atoms with Crippen molar-refractivity contribution in [2.24, 2.45) is 0 Å². The zero-order valence-electron chi connectivity index (χ0n) is 17.3. The third-order valence-corrected chi connectivity index (χ3v) is 4.46. The van der Waals surface area contributed by atoms with Crippen LogP contribution < -0.4 is 20.7 Å². The standard InChI is InChI=1S/C24H24FN3O3/c1-3-31-22-14-12-21(13-15-22)28-24(30)17-4-8-19(9-5-17)26-16(2)23(29)27-20-10-6-18(25)7-11-20/h4-16,26H,3H2,1-2H3,(H,27,29)(H,28,30)/t16-/m1/s1. The first kappa shape index (κ1) is 21.8. The highest BCUT2D eigenvalue weighted by Gasteiger charge is 2.13. The van der Waals surface area contributed by atoms with E-state index in [1.807, 2.05) is 6.92 Å². The van der Waals surface area contributed by atoms with Crippen molar-refractivity contribution >= 4 is 28.9 Å². The van der Waals surface area contributed by atoms with Crippen LogP contribution in [-0.2, 0) is 4.79 Å². The average molecular weight is 421 g/mol. The van der Waals surface area contributed by atoms with Crippen molar-refractivity contribution in [1.29, 1.82) is 0 Å². The average Bonchev–Trinajstić information content (AvgIpc) is 2.77. The summed E-state index contributed by atoms with van der Waals surface area (Å²) in [6.45, 7) is 4.21. The normalized spacial score (nSPS) is 11.3. The molecule has 0 fully saturated rings. The lowest BCUT2D eigenvalue weighted by molar-refractivity contribution is -0.116. The number of anilines is 3. The molecule has 0 heterocycles. The molecule has 2 amide bonds. The Morgan fingerprint density at radius 3 is 2.00 bits per heavy atom. The van der Waals surface area contributed by atoms with E-state index >= 15 is 0 Å². The van der Waals surface area contributed by atoms with Gasteiger partial charge in [0.1, 0.15) is 17.6 Å². The van der Waals surface area contributed by atoms with Crippen molar-refractivity contribution in [3.05, 3.63) is 84.2 Å². The Labute approximate surface area is 180 Å². The topological polar surface area (TPSA) is 79.5 Å². The third kappa shape index (κ3) is 6.30. The molecule has 160 valence electrons. The Balaban J connectivity index is 1.54. The van der Waals surface area contributed by atoms with Gasteiger partial charge in [-0.25, -0.2) is 4.39 Å². The quantitative estimate of drug-likeness (QED) is 0.483. The van der Waals surface area contributed by atoms with Crippen LogP contribution in [0.15, 0.2) is 72.8 Å². The number of ether oxygens (including phenoxy) is 1. The fourth-order valence-corrected chi connectivity index (χ4v) is 2.82. The van der Waals surface area contributed by atoms with Gasteiger partial charge in [-0.2, -0.15) is 0 Å². The molecule has 0 aliphatic heterocycles. The molecule has 3 N–H and O–H groups in total. The first-order valence-corrected chi connectivity index (χ1v) is 9.92. The highest BCUT2D eigenvalue weighted by atomic mass is 19.1. The minimum Gasteiger partial charge on any atom is -0.494 e. The maximum Gasteiger partial charge on any atom is 0.255 e. The van der Waals surface area contributed by atoms with Gasteiger partial charge in [-0.1, -0.05) is 0 Å². The van der Waals surface area contributed by atoms with E-state index in [4.69, 9.17) is 4.74 Å². The van der Waals surface area contributed by atoms with Crippen molar-refractivity contribution in [3.63, 3.8) is 0 Å². The summed E-state index contributed by atoms with van der Waals surface area (Å²) in [7, 11) is 0. The van der Waals surface area contributed by atoms with Crippen molar-refractivity contribution in [2.45, 2.75) is 19.9 Å². The summed E-state index contributed by atoms with van der Waals surface area (Å²) in [5, 5.41) is 8.62. The molecule has 0 bridgehead atoms. The number of hydrogen-bond acceptors (Lipinski definition) is 4. The summed E-state index contributed by atoms with van der Waals surface area (Å²) < 4.78 is 18.4. The molecule has 0 unspecified atom stereocenters. The molecule has 0 radical (unpaired) electrons. The van der Waals surface area contributed by atoms with Crippen molar-refractivity contribution in [2.75, 3.05) is 22.6 Å². The molecular formula is C24H24FN3O3. The van der Waals surface area contributed by atoms with Gasteiger partial charge in [0, 0.05) is 22.6 Å². The Bertz CT molecular complexity index is 1020. The molecular weight excluding hydrogens is 397 g/mol. The number of halogens is 1. The smallest absolute Gasteiger partial charge is 0.255 e. The van der Waals surface area contributed by atoms with Crippen LogP contribution in [0.1, 0.15) is 24.2 Å². The number of amides is 2. The number of rotatable bonds is 8. The number of carbonyl (C=O) groups is 2. The lowest BCUT2D eigenvalue weighted by atomic mass is 10.1. The Morgan fingerprint density at radius 2 is 1.39 bits per heavy atom. The largest absolute Gasteiger partial charge is 0.494 e. The minimum atomic E-state index is -0.534. The van der Waals surface area contributed by atoms with Gasteiger partial charge in [-0.15, -0.1) is 0 Å². The molecule has 31 heavy (non-hydrogen) atoms. The first-order valence-electron chi connectivity index (χ1n) is 9.92. The van der Waals surface area contributed by atoms with E-state index in [1.54, 1.807) is 55.5 Å². The molecule has 0 aliphatic rings. The Hall–Kier alpha value is -3.87. The zero-order valence-corrected chi connectivity index (χ0v) is 17.3. The van der Waals surface area contributed by atoms with Gasteiger partial charge in [0.25, 0.3) is 5.91 Å². The molecule has 0 aromatic heterocycles. The summed E-state index contributed by atoms with van der Waals surface area (Å²) in [5.74, 6) is -0.119. The number of benzene rings is 3. The SMILES string of the molecule is CCOc1ccc(NC(=O)c2ccc(N[C@H](C)C(=O)Nc3ccc(F)cc3)cc2)cc1. The summed E-state index contributed by atoms with van der Waals surface area (Å²) in [4.78, 5) is 24.7. The zero-order chi connectivity index (χ0) is 22.2. The fraction of sp³-hybridized carbons (Fsp3) is 0.167. The van der Waals surface area contributed by atoms with E-state index in [0.29, 0.717) is 29.2 Å². The van der Waals surface area contributed by atoms with E-state index in [2.05, 4.69) is 16.0 Å². The second-order valence-corrected chi connectivity index (χ2v) is 6.85. The molecule has 3 rings (SSSR count). The monoisotopic (exact) mass is 421 g/mol. The summed E-state index contributed by atoms with van der Waals surface area (Å²) in [6.07, 6.45) is 0.